The Morgan fingerprint density at radius 2 is 1.84 bits per heavy atom. The Kier molecular flexibility index (Phi) is 11.2. The zero-order valence-electron chi connectivity index (χ0n) is 22.2. The number of thiazole rings is 1. The van der Waals surface area contributed by atoms with E-state index in [1.807, 2.05) is 0 Å². The van der Waals surface area contributed by atoms with Crippen molar-refractivity contribution in [3.8, 4) is 0 Å². The Labute approximate surface area is 220 Å². The van der Waals surface area contributed by atoms with Crippen molar-refractivity contribution in [2.24, 2.45) is 5.92 Å². The van der Waals surface area contributed by atoms with Crippen molar-refractivity contribution in [1.82, 2.24) is 15.6 Å². The number of carbonyl (C=O) groups is 5. The number of amides is 3. The van der Waals surface area contributed by atoms with Crippen LogP contribution in [-0.2, 0) is 35.2 Å². The van der Waals surface area contributed by atoms with Crippen LogP contribution in [0.3, 0.4) is 0 Å². The molecule has 3 amide bonds. The summed E-state index contributed by atoms with van der Waals surface area (Å²) in [6, 6.07) is -1.11. The molecular formula is C24H36N4O8S. The summed E-state index contributed by atoms with van der Waals surface area (Å²) in [5, 5.41) is 16.2. The third-order valence-corrected chi connectivity index (χ3v) is 5.78. The van der Waals surface area contributed by atoms with E-state index in [9.17, 15) is 24.0 Å². The summed E-state index contributed by atoms with van der Waals surface area (Å²) in [6.07, 6.45) is -0.507. The van der Waals surface area contributed by atoms with Gasteiger partial charge in [-0.2, -0.15) is 0 Å². The van der Waals surface area contributed by atoms with Gasteiger partial charge < -0.3 is 25.2 Å². The molecular weight excluding hydrogens is 504 g/mol. The van der Waals surface area contributed by atoms with E-state index in [0.717, 1.165) is 4.90 Å². The zero-order chi connectivity index (χ0) is 28.6. The maximum atomic E-state index is 13.2. The van der Waals surface area contributed by atoms with E-state index in [4.69, 9.17) is 14.6 Å². The van der Waals surface area contributed by atoms with E-state index in [1.54, 1.807) is 40.0 Å². The predicted octanol–water partition coefficient (Wildman–Crippen LogP) is 2.62. The summed E-state index contributed by atoms with van der Waals surface area (Å²) in [5.74, 6) is -2.89. The Balaban J connectivity index is 2.97. The molecule has 0 aliphatic rings. The van der Waals surface area contributed by atoms with Gasteiger partial charge in [-0.15, -0.1) is 11.3 Å². The highest BCUT2D eigenvalue weighted by atomic mass is 32.1. The van der Waals surface area contributed by atoms with Crippen LogP contribution in [0, 0.1) is 5.92 Å². The van der Waals surface area contributed by atoms with Gasteiger partial charge in [0.25, 0.3) is 0 Å². The van der Waals surface area contributed by atoms with Crippen LogP contribution in [0.2, 0.25) is 0 Å². The lowest BCUT2D eigenvalue weighted by Crippen LogP contribution is -2.59. The first-order valence-electron chi connectivity index (χ1n) is 11.5. The number of nitrogens with zero attached hydrogens (tertiary/aromatic N) is 2. The van der Waals surface area contributed by atoms with E-state index in [2.05, 4.69) is 22.2 Å². The largest absolute Gasteiger partial charge is 0.481 e. The molecule has 37 heavy (non-hydrogen) atoms. The van der Waals surface area contributed by atoms with Crippen LogP contribution in [0.4, 0.5) is 10.6 Å². The van der Waals surface area contributed by atoms with E-state index >= 15 is 0 Å². The summed E-state index contributed by atoms with van der Waals surface area (Å²) in [6.45, 7) is 15.1. The molecule has 1 aromatic heterocycles. The van der Waals surface area contributed by atoms with Crippen molar-refractivity contribution in [1.29, 1.82) is 0 Å². The van der Waals surface area contributed by atoms with Gasteiger partial charge >= 0.3 is 18.0 Å². The first-order chi connectivity index (χ1) is 17.0. The number of anilines is 1. The minimum Gasteiger partial charge on any atom is -0.481 e. The van der Waals surface area contributed by atoms with Crippen molar-refractivity contribution in [3.63, 3.8) is 0 Å². The van der Waals surface area contributed by atoms with Crippen LogP contribution in [0.5, 0.6) is 0 Å². The topological polar surface area (TPSA) is 164 Å². The molecule has 0 aliphatic carbocycles. The van der Waals surface area contributed by atoms with Gasteiger partial charge in [0.1, 0.15) is 34.1 Å². The van der Waals surface area contributed by atoms with Crippen LogP contribution < -0.4 is 15.5 Å². The number of carbonyl (C=O) groups excluding carboxylic acids is 4. The number of nitrogens with one attached hydrogen (secondary N) is 2. The molecule has 206 valence electrons. The SMILES string of the molecule is C=C[C@H](CC(=O)O)OC(=O)[C@@H](NC(=O)C(C)(C)N(C=O)c1csc(CNC(=O)OC(C)(C)C)n1)C(C)C. The van der Waals surface area contributed by atoms with Crippen molar-refractivity contribution >= 4 is 47.5 Å². The molecule has 0 aliphatic heterocycles. The maximum Gasteiger partial charge on any atom is 0.408 e. The van der Waals surface area contributed by atoms with E-state index in [0.29, 0.717) is 11.4 Å². The Bertz CT molecular complexity index is 999. The van der Waals surface area contributed by atoms with Gasteiger partial charge in [-0.3, -0.25) is 19.3 Å². The average molecular weight is 541 g/mol. The van der Waals surface area contributed by atoms with Gasteiger partial charge in [-0.05, 0) is 40.5 Å². The van der Waals surface area contributed by atoms with Gasteiger partial charge in [0.15, 0.2) is 0 Å². The van der Waals surface area contributed by atoms with Crippen LogP contribution in [0.25, 0.3) is 0 Å². The number of aromatic nitrogens is 1. The van der Waals surface area contributed by atoms with Gasteiger partial charge in [0, 0.05) is 5.38 Å². The van der Waals surface area contributed by atoms with E-state index in [-0.39, 0.29) is 12.4 Å². The molecule has 0 unspecified atom stereocenters. The lowest BCUT2D eigenvalue weighted by Gasteiger charge is -2.34. The number of esters is 1. The van der Waals surface area contributed by atoms with Crippen molar-refractivity contribution in [3.05, 3.63) is 23.0 Å². The molecule has 0 aromatic carbocycles. The number of aliphatic carboxylic acids is 1. The molecule has 0 radical (unpaired) electrons. The van der Waals surface area contributed by atoms with Gasteiger partial charge in [-0.1, -0.05) is 26.5 Å². The maximum absolute atomic E-state index is 13.2. The quantitative estimate of drug-likeness (QED) is 0.194. The van der Waals surface area contributed by atoms with Gasteiger partial charge in [0.2, 0.25) is 12.3 Å². The molecule has 2 atom stereocenters. The first-order valence-corrected chi connectivity index (χ1v) is 12.4. The van der Waals surface area contributed by atoms with Crippen LogP contribution in [0.1, 0.15) is 59.9 Å². The summed E-state index contributed by atoms with van der Waals surface area (Å²) >= 11 is 1.17. The number of carboxylic acid groups (broad SMARTS) is 1. The second-order valence-electron chi connectivity index (χ2n) is 9.99. The van der Waals surface area contributed by atoms with Crippen molar-refractivity contribution in [2.45, 2.75) is 84.7 Å². The number of rotatable bonds is 13. The second kappa shape index (κ2) is 13.2. The molecule has 0 saturated carbocycles. The molecule has 3 N–H and O–H groups in total. The van der Waals surface area contributed by atoms with Gasteiger partial charge in [-0.25, -0.2) is 14.6 Å². The third-order valence-electron chi connectivity index (χ3n) is 4.95. The molecule has 1 heterocycles. The molecule has 1 rings (SSSR count). The predicted molar refractivity (Wildman–Crippen MR) is 137 cm³/mol. The molecule has 12 nitrogen and oxygen atoms in total. The summed E-state index contributed by atoms with van der Waals surface area (Å²) in [7, 11) is 0. The third kappa shape index (κ3) is 9.83. The highest BCUT2D eigenvalue weighted by molar-refractivity contribution is 7.10. The molecule has 0 fully saturated rings. The fraction of sp³-hybridized carbons (Fsp3) is 0.583. The Hall–Kier alpha value is -3.48. The summed E-state index contributed by atoms with van der Waals surface area (Å²) in [5.41, 5.74) is -2.13. The Morgan fingerprint density at radius 3 is 2.32 bits per heavy atom. The van der Waals surface area contributed by atoms with Gasteiger partial charge in [0.05, 0.1) is 13.0 Å². The number of ether oxygens (including phenoxy) is 2. The molecule has 0 saturated heterocycles. The van der Waals surface area contributed by atoms with Crippen LogP contribution in [-0.4, -0.2) is 63.7 Å². The summed E-state index contributed by atoms with van der Waals surface area (Å²) in [4.78, 5) is 66.2. The molecule has 13 heteroatoms. The Morgan fingerprint density at radius 1 is 1.22 bits per heavy atom. The number of alkyl carbamates (subject to hydrolysis) is 1. The zero-order valence-corrected chi connectivity index (χ0v) is 23.0. The summed E-state index contributed by atoms with van der Waals surface area (Å²) < 4.78 is 10.4. The second-order valence-corrected chi connectivity index (χ2v) is 10.9. The lowest BCUT2D eigenvalue weighted by atomic mass is 9.98. The average Bonchev–Trinajstić information content (AvgIpc) is 3.22. The van der Waals surface area contributed by atoms with E-state index < -0.39 is 59.6 Å². The van der Waals surface area contributed by atoms with E-state index in [1.165, 1.54) is 31.3 Å². The smallest absolute Gasteiger partial charge is 0.408 e. The number of hydrogen-bond acceptors (Lipinski definition) is 9. The molecule has 0 spiro atoms. The monoisotopic (exact) mass is 540 g/mol. The minimum atomic E-state index is -1.47. The minimum absolute atomic E-state index is 0.0565. The molecule has 0 bridgehead atoms. The lowest BCUT2D eigenvalue weighted by molar-refractivity contribution is -0.155. The normalized spacial score (nSPS) is 13.2. The first kappa shape index (κ1) is 31.5. The van der Waals surface area contributed by atoms with Crippen LogP contribution >= 0.6 is 11.3 Å². The van der Waals surface area contributed by atoms with Crippen molar-refractivity contribution in [2.75, 3.05) is 4.90 Å². The van der Waals surface area contributed by atoms with Crippen molar-refractivity contribution < 1.29 is 38.6 Å². The number of carboxylic acids is 1. The fourth-order valence-electron chi connectivity index (χ4n) is 2.92. The molecule has 1 aromatic rings. The fourth-order valence-corrected chi connectivity index (χ4v) is 3.63. The van der Waals surface area contributed by atoms with Crippen LogP contribution in [0.15, 0.2) is 18.0 Å². The highest BCUT2D eigenvalue weighted by Crippen LogP contribution is 2.25. The standard InChI is InChI=1S/C24H36N4O8S/c1-9-15(10-18(30)31)35-20(32)19(14(2)3)27-21(33)24(7,8)28(13-29)16-12-37-17(26-16)11-25-22(34)36-23(4,5)6/h9,12-15,19H,1,10-11H2,2-8H3,(H,25,34)(H,27,33)(H,30,31)/t15-,19+/m1/s1. The number of hydrogen-bond donors (Lipinski definition) is 3. The highest BCUT2D eigenvalue weighted by Gasteiger charge is 2.39.